The van der Waals surface area contributed by atoms with Crippen molar-refractivity contribution in [1.29, 1.82) is 0 Å². The number of Topliss-reactive ketones (excluding diaryl/α,β-unsaturated/α-hetero) is 2. The number of aliphatic hydroxyl groups is 2. The fraction of sp³-hybridized carbons (Fsp3) is 0.375. The zero-order valence-electron chi connectivity index (χ0n) is 24.8. The number of ether oxygens (including phenoxy) is 2. The normalized spacial score (nSPS) is 23.7. The van der Waals surface area contributed by atoms with Gasteiger partial charge in [0.1, 0.15) is 35.1 Å². The lowest BCUT2D eigenvalue weighted by atomic mass is 9.57. The van der Waals surface area contributed by atoms with E-state index in [1.165, 1.54) is 7.11 Å². The number of carbonyl (C=O) groups excluding carboxylic acids is 3. The Morgan fingerprint density at radius 1 is 1.18 bits per heavy atom. The summed E-state index contributed by atoms with van der Waals surface area (Å²) in [6.45, 7) is 0.209. The first kappa shape index (κ1) is 30.4. The van der Waals surface area contributed by atoms with Crippen LogP contribution in [0.2, 0.25) is 0 Å². The van der Waals surface area contributed by atoms with Crippen molar-refractivity contribution >= 4 is 23.2 Å². The number of ketones is 2. The molecule has 45 heavy (non-hydrogen) atoms. The van der Waals surface area contributed by atoms with Crippen LogP contribution in [0.3, 0.4) is 0 Å². The number of benzene rings is 2. The molecule has 0 aliphatic heterocycles. The number of fused-ring (bicyclic) bond motifs is 4. The number of halogens is 1. The Balaban J connectivity index is 1.42. The summed E-state index contributed by atoms with van der Waals surface area (Å²) in [6.07, 6.45) is 0.0176. The first-order valence-corrected chi connectivity index (χ1v) is 14.4. The number of aromatic nitrogens is 1. The van der Waals surface area contributed by atoms with E-state index in [4.69, 9.17) is 14.0 Å². The number of phenolic OH excluding ortho intramolecular Hbond substituents is 1. The van der Waals surface area contributed by atoms with Crippen LogP contribution in [0, 0.1) is 17.7 Å². The van der Waals surface area contributed by atoms with Gasteiger partial charge in [0.05, 0.1) is 18.2 Å². The maximum absolute atomic E-state index is 15.2. The predicted molar refractivity (Wildman–Crippen MR) is 155 cm³/mol. The van der Waals surface area contributed by atoms with Crippen molar-refractivity contribution < 1.29 is 48.1 Å². The molecule has 6 rings (SSSR count). The van der Waals surface area contributed by atoms with Crippen LogP contribution >= 0.6 is 0 Å². The summed E-state index contributed by atoms with van der Waals surface area (Å²) >= 11 is 0. The van der Waals surface area contributed by atoms with Crippen LogP contribution in [0.5, 0.6) is 11.6 Å². The number of phenols is 1. The first-order chi connectivity index (χ1) is 21.5. The van der Waals surface area contributed by atoms with Gasteiger partial charge in [0, 0.05) is 25.1 Å². The molecule has 1 amide bonds. The van der Waals surface area contributed by atoms with E-state index in [1.807, 2.05) is 30.3 Å². The molecule has 0 radical (unpaired) electrons. The van der Waals surface area contributed by atoms with Crippen LogP contribution in [-0.2, 0) is 22.6 Å². The lowest BCUT2D eigenvalue weighted by molar-refractivity contribution is -0.142. The van der Waals surface area contributed by atoms with Gasteiger partial charge >= 0.3 is 0 Å². The summed E-state index contributed by atoms with van der Waals surface area (Å²) in [5.74, 6) is -7.40. The molecule has 13 heteroatoms. The Hall–Kier alpha value is -4.59. The number of hydrogen-bond donors (Lipinski definition) is 4. The lowest BCUT2D eigenvalue weighted by Crippen LogP contribution is -2.63. The Kier molecular flexibility index (Phi) is 7.71. The summed E-state index contributed by atoms with van der Waals surface area (Å²) in [6, 6.07) is 9.36. The second-order valence-electron chi connectivity index (χ2n) is 11.7. The fourth-order valence-electron chi connectivity index (χ4n) is 6.84. The van der Waals surface area contributed by atoms with Gasteiger partial charge in [-0.2, -0.15) is 0 Å². The minimum absolute atomic E-state index is 0.00780. The summed E-state index contributed by atoms with van der Waals surface area (Å²) in [4.78, 5) is 42.8. The molecule has 4 N–H and O–H groups in total. The topological polar surface area (TPSA) is 172 Å². The van der Waals surface area contributed by atoms with Crippen molar-refractivity contribution in [3.8, 4) is 11.6 Å². The summed E-state index contributed by atoms with van der Waals surface area (Å²) in [5, 5.41) is 41.0. The number of amides is 1. The maximum Gasteiger partial charge on any atom is 0.265 e. The van der Waals surface area contributed by atoms with Gasteiger partial charge in [-0.15, -0.1) is 0 Å². The van der Waals surface area contributed by atoms with Crippen LogP contribution in [0.4, 0.5) is 4.39 Å². The molecule has 0 bridgehead atoms. The van der Waals surface area contributed by atoms with Gasteiger partial charge < -0.3 is 34.6 Å². The number of rotatable bonds is 8. The Bertz CT molecular complexity index is 1730. The van der Waals surface area contributed by atoms with Crippen molar-refractivity contribution in [2.24, 2.45) is 11.8 Å². The lowest BCUT2D eigenvalue weighted by Gasteiger charge is -2.49. The van der Waals surface area contributed by atoms with Crippen molar-refractivity contribution in [3.63, 3.8) is 0 Å². The van der Waals surface area contributed by atoms with E-state index in [2.05, 4.69) is 10.5 Å². The van der Waals surface area contributed by atoms with E-state index < -0.39 is 63.8 Å². The molecule has 0 saturated heterocycles. The van der Waals surface area contributed by atoms with Crippen molar-refractivity contribution in [2.75, 3.05) is 34.4 Å². The second-order valence-corrected chi connectivity index (χ2v) is 11.7. The fourth-order valence-corrected chi connectivity index (χ4v) is 6.84. The van der Waals surface area contributed by atoms with Crippen LogP contribution in [-0.4, -0.2) is 82.8 Å². The summed E-state index contributed by atoms with van der Waals surface area (Å²) in [7, 11) is 4.82. The number of nitrogens with one attached hydrogen (secondary N) is 1. The largest absolute Gasteiger partial charge is 0.507 e. The maximum atomic E-state index is 15.2. The molecule has 0 spiro atoms. The van der Waals surface area contributed by atoms with Gasteiger partial charge in [-0.25, -0.2) is 4.39 Å². The molecule has 2 aromatic carbocycles. The average Bonchev–Trinajstić information content (AvgIpc) is 3.41. The third-order valence-electron chi connectivity index (χ3n) is 8.87. The van der Waals surface area contributed by atoms with E-state index >= 15 is 4.39 Å². The van der Waals surface area contributed by atoms with Gasteiger partial charge in [-0.1, -0.05) is 30.3 Å². The van der Waals surface area contributed by atoms with Crippen LogP contribution < -0.4 is 10.1 Å². The number of hydrogen-bond acceptors (Lipinski definition) is 11. The van der Waals surface area contributed by atoms with E-state index in [0.717, 1.165) is 11.6 Å². The minimum atomic E-state index is -2.65. The highest BCUT2D eigenvalue weighted by Crippen LogP contribution is 2.56. The molecule has 1 aromatic heterocycles. The standard InChI is InChI=1S/C32H32FN3O9/c1-36(2)24-18-12-16-11-17-13-19(33)22(30(41)34-9-10-43-3)26(38)20(17)25(37)21(16)28(39)32(18,42)29(40)23-27(24)45-35-31(23)44-14-15-7-5-4-6-8-15/h4-8,13,16,18,24,37-38,42H,9-12,14H2,1-3H3,(H,34,41)/t16-,18-,24-,32-/m0/s1. The number of nitrogens with zero attached hydrogens (tertiary/aromatic N) is 2. The minimum Gasteiger partial charge on any atom is -0.507 e. The Morgan fingerprint density at radius 3 is 2.60 bits per heavy atom. The molecule has 1 heterocycles. The Morgan fingerprint density at radius 2 is 1.91 bits per heavy atom. The molecule has 4 atom stereocenters. The number of methoxy groups -OCH3 is 1. The Labute approximate surface area is 257 Å². The van der Waals surface area contributed by atoms with E-state index in [0.29, 0.717) is 0 Å². The molecule has 3 aromatic rings. The molecule has 1 saturated carbocycles. The number of carbonyl (C=O) groups is 3. The van der Waals surface area contributed by atoms with Crippen LogP contribution in [0.25, 0.3) is 5.76 Å². The smallest absolute Gasteiger partial charge is 0.265 e. The van der Waals surface area contributed by atoms with Gasteiger partial charge in [-0.05, 0) is 55.2 Å². The van der Waals surface area contributed by atoms with Crippen molar-refractivity contribution in [1.82, 2.24) is 15.4 Å². The summed E-state index contributed by atoms with van der Waals surface area (Å²) < 4.78 is 31.5. The van der Waals surface area contributed by atoms with Crippen LogP contribution in [0.15, 0.2) is 46.5 Å². The van der Waals surface area contributed by atoms with E-state index in [9.17, 15) is 29.7 Å². The highest BCUT2D eigenvalue weighted by molar-refractivity contribution is 6.26. The zero-order valence-corrected chi connectivity index (χ0v) is 24.8. The molecule has 12 nitrogen and oxygen atoms in total. The van der Waals surface area contributed by atoms with Gasteiger partial charge in [0.25, 0.3) is 11.8 Å². The quantitative estimate of drug-likeness (QED) is 0.215. The number of aromatic hydroxyl groups is 1. The summed E-state index contributed by atoms with van der Waals surface area (Å²) in [5.41, 5.74) is -3.17. The molecule has 3 aliphatic carbocycles. The molecule has 1 fully saturated rings. The van der Waals surface area contributed by atoms with Crippen molar-refractivity contribution in [3.05, 3.63) is 81.4 Å². The highest BCUT2D eigenvalue weighted by atomic mass is 19.1. The third kappa shape index (κ3) is 4.69. The third-order valence-corrected chi connectivity index (χ3v) is 8.87. The predicted octanol–water partition coefficient (Wildman–Crippen LogP) is 2.74. The molecule has 3 aliphatic rings. The van der Waals surface area contributed by atoms with Gasteiger partial charge in [0.2, 0.25) is 11.6 Å². The highest BCUT2D eigenvalue weighted by Gasteiger charge is 2.65. The molecule has 0 unspecified atom stereocenters. The average molecular weight is 622 g/mol. The van der Waals surface area contributed by atoms with Crippen LogP contribution in [0.1, 0.15) is 55.6 Å². The SMILES string of the molecule is COCCNC(=O)c1c(F)cc2c(c1O)C(O)=C1C(=O)[C@]3(O)C(=O)c4c(OCc5ccccc5)noc4[C@@H](N(C)C)[C@@H]3C[C@@H]1C2. The zero-order chi connectivity index (χ0) is 32.2. The number of aliphatic hydroxyl groups excluding tert-OH is 1. The van der Waals surface area contributed by atoms with E-state index in [1.54, 1.807) is 19.0 Å². The van der Waals surface area contributed by atoms with E-state index in [-0.39, 0.29) is 66.5 Å². The molecular weight excluding hydrogens is 589 g/mol. The van der Waals surface area contributed by atoms with Gasteiger partial charge in [0.15, 0.2) is 11.4 Å². The monoisotopic (exact) mass is 621 g/mol. The molecule has 236 valence electrons. The van der Waals surface area contributed by atoms with Crippen molar-refractivity contribution in [2.45, 2.75) is 31.1 Å². The van der Waals surface area contributed by atoms with Gasteiger partial charge in [-0.3, -0.25) is 19.3 Å². The molecular formula is C32H32FN3O9. The second kappa shape index (κ2) is 11.4. The first-order valence-electron chi connectivity index (χ1n) is 14.4.